The van der Waals surface area contributed by atoms with Gasteiger partial charge in [-0.2, -0.15) is 0 Å². The standard InChI is InChI=1S/C12H14BrF2NO/c1-16(7-3-6-13)11(17)8-9-4-2-5-10(14)12(9)15/h2,4-5H,3,6-8H2,1H3. The molecule has 0 saturated heterocycles. The molecule has 1 rings (SSSR count). The van der Waals surface area contributed by atoms with E-state index in [1.54, 1.807) is 7.05 Å². The minimum Gasteiger partial charge on any atom is -0.345 e. The van der Waals surface area contributed by atoms with Crippen LogP contribution in [0, 0.1) is 11.6 Å². The molecule has 0 fully saturated rings. The molecule has 0 bridgehead atoms. The summed E-state index contributed by atoms with van der Waals surface area (Å²) in [6.07, 6.45) is 0.719. The molecule has 0 N–H and O–H groups in total. The Hall–Kier alpha value is -0.970. The van der Waals surface area contributed by atoms with Crippen molar-refractivity contribution in [3.63, 3.8) is 0 Å². The Bertz CT molecular complexity index is 398. The van der Waals surface area contributed by atoms with E-state index < -0.39 is 11.6 Å². The lowest BCUT2D eigenvalue weighted by atomic mass is 10.1. The lowest BCUT2D eigenvalue weighted by molar-refractivity contribution is -0.129. The van der Waals surface area contributed by atoms with Gasteiger partial charge < -0.3 is 4.90 Å². The molecule has 94 valence electrons. The molecule has 0 heterocycles. The number of hydrogen-bond donors (Lipinski definition) is 0. The van der Waals surface area contributed by atoms with Gasteiger partial charge in [-0.1, -0.05) is 28.1 Å². The maximum atomic E-state index is 13.3. The number of amides is 1. The Morgan fingerprint density at radius 1 is 1.41 bits per heavy atom. The van der Waals surface area contributed by atoms with E-state index in [-0.39, 0.29) is 17.9 Å². The summed E-state index contributed by atoms with van der Waals surface area (Å²) in [6.45, 7) is 0.598. The zero-order valence-electron chi connectivity index (χ0n) is 9.55. The normalized spacial score (nSPS) is 10.4. The van der Waals surface area contributed by atoms with Crippen molar-refractivity contribution in [3.05, 3.63) is 35.4 Å². The molecule has 1 aromatic carbocycles. The average molecular weight is 306 g/mol. The van der Waals surface area contributed by atoms with Gasteiger partial charge >= 0.3 is 0 Å². The second-order valence-electron chi connectivity index (χ2n) is 3.75. The summed E-state index contributed by atoms with van der Waals surface area (Å²) < 4.78 is 26.3. The molecule has 0 radical (unpaired) electrons. The number of nitrogens with zero attached hydrogens (tertiary/aromatic N) is 1. The van der Waals surface area contributed by atoms with E-state index >= 15 is 0 Å². The third kappa shape index (κ3) is 4.07. The minimum absolute atomic E-state index is 0.0979. The summed E-state index contributed by atoms with van der Waals surface area (Å²) in [5.41, 5.74) is 0.0979. The third-order valence-electron chi connectivity index (χ3n) is 2.43. The number of benzene rings is 1. The Morgan fingerprint density at radius 3 is 2.76 bits per heavy atom. The maximum absolute atomic E-state index is 13.3. The molecule has 0 unspecified atom stereocenters. The second kappa shape index (κ2) is 6.69. The van der Waals surface area contributed by atoms with Crippen molar-refractivity contribution in [1.82, 2.24) is 4.90 Å². The zero-order chi connectivity index (χ0) is 12.8. The molecule has 0 saturated carbocycles. The van der Waals surface area contributed by atoms with Gasteiger partial charge in [-0.05, 0) is 12.5 Å². The summed E-state index contributed by atoms with van der Waals surface area (Å²) in [7, 11) is 1.65. The van der Waals surface area contributed by atoms with Gasteiger partial charge in [0.2, 0.25) is 5.91 Å². The number of hydrogen-bond acceptors (Lipinski definition) is 1. The van der Waals surface area contributed by atoms with Crippen LogP contribution in [0.2, 0.25) is 0 Å². The smallest absolute Gasteiger partial charge is 0.226 e. The van der Waals surface area contributed by atoms with Crippen molar-refractivity contribution in [1.29, 1.82) is 0 Å². The largest absolute Gasteiger partial charge is 0.345 e. The highest BCUT2D eigenvalue weighted by molar-refractivity contribution is 9.09. The highest BCUT2D eigenvalue weighted by Crippen LogP contribution is 2.12. The minimum atomic E-state index is -0.935. The van der Waals surface area contributed by atoms with Crippen LogP contribution in [0.15, 0.2) is 18.2 Å². The fourth-order valence-electron chi connectivity index (χ4n) is 1.40. The summed E-state index contributed by atoms with van der Waals surface area (Å²) in [5, 5.41) is 0.805. The summed E-state index contributed by atoms with van der Waals surface area (Å²) in [5.74, 6) is -2.07. The molecule has 0 aliphatic heterocycles. The molecule has 1 aromatic rings. The number of halogens is 3. The second-order valence-corrected chi connectivity index (χ2v) is 4.54. The van der Waals surface area contributed by atoms with Crippen molar-refractivity contribution in [2.75, 3.05) is 18.9 Å². The fraction of sp³-hybridized carbons (Fsp3) is 0.417. The van der Waals surface area contributed by atoms with Crippen LogP contribution in [-0.2, 0) is 11.2 Å². The third-order valence-corrected chi connectivity index (χ3v) is 2.99. The predicted octanol–water partition coefficient (Wildman–Crippen LogP) is 2.75. The lowest BCUT2D eigenvalue weighted by Crippen LogP contribution is -2.29. The Kier molecular flexibility index (Phi) is 5.55. The van der Waals surface area contributed by atoms with Gasteiger partial charge in [0.1, 0.15) is 0 Å². The van der Waals surface area contributed by atoms with Crippen LogP contribution in [0.4, 0.5) is 8.78 Å². The lowest BCUT2D eigenvalue weighted by Gasteiger charge is -2.16. The molecule has 0 spiro atoms. The topological polar surface area (TPSA) is 20.3 Å². The molecule has 2 nitrogen and oxygen atoms in total. The van der Waals surface area contributed by atoms with Crippen LogP contribution in [0.1, 0.15) is 12.0 Å². The first-order chi connectivity index (χ1) is 8.06. The molecule has 0 aliphatic carbocycles. The number of carbonyl (C=O) groups is 1. The van der Waals surface area contributed by atoms with Crippen molar-refractivity contribution in [2.45, 2.75) is 12.8 Å². The van der Waals surface area contributed by atoms with Crippen molar-refractivity contribution in [3.8, 4) is 0 Å². The van der Waals surface area contributed by atoms with Gasteiger partial charge in [0.25, 0.3) is 0 Å². The van der Waals surface area contributed by atoms with E-state index in [9.17, 15) is 13.6 Å². The van der Waals surface area contributed by atoms with E-state index in [0.717, 1.165) is 17.8 Å². The SMILES string of the molecule is CN(CCCBr)C(=O)Cc1cccc(F)c1F. The molecule has 0 aromatic heterocycles. The average Bonchev–Trinajstić information content (AvgIpc) is 2.31. The van der Waals surface area contributed by atoms with Crippen LogP contribution >= 0.6 is 15.9 Å². The van der Waals surface area contributed by atoms with Crippen molar-refractivity contribution >= 4 is 21.8 Å². The van der Waals surface area contributed by atoms with Crippen molar-refractivity contribution < 1.29 is 13.6 Å². The van der Waals surface area contributed by atoms with Gasteiger partial charge in [0.15, 0.2) is 11.6 Å². The highest BCUT2D eigenvalue weighted by atomic mass is 79.9. The van der Waals surface area contributed by atoms with Crippen LogP contribution < -0.4 is 0 Å². The van der Waals surface area contributed by atoms with Crippen LogP contribution in [0.3, 0.4) is 0 Å². The molecule has 0 atom stereocenters. The maximum Gasteiger partial charge on any atom is 0.226 e. The molecule has 1 amide bonds. The van der Waals surface area contributed by atoms with Crippen LogP contribution in [-0.4, -0.2) is 29.7 Å². The number of likely N-dealkylation sites (N-methyl/N-ethyl adjacent to an activating group) is 1. The molecular formula is C12H14BrF2NO. The predicted molar refractivity (Wildman–Crippen MR) is 66.1 cm³/mol. The first-order valence-electron chi connectivity index (χ1n) is 5.29. The number of carbonyl (C=O) groups excluding carboxylic acids is 1. The van der Waals surface area contributed by atoms with Gasteiger partial charge in [-0.25, -0.2) is 8.78 Å². The van der Waals surface area contributed by atoms with Gasteiger partial charge in [-0.15, -0.1) is 0 Å². The Morgan fingerprint density at radius 2 is 2.12 bits per heavy atom. The van der Waals surface area contributed by atoms with E-state index in [4.69, 9.17) is 0 Å². The van der Waals surface area contributed by atoms with Crippen LogP contribution in [0.5, 0.6) is 0 Å². The first-order valence-corrected chi connectivity index (χ1v) is 6.41. The van der Waals surface area contributed by atoms with Gasteiger partial charge in [0.05, 0.1) is 6.42 Å². The number of rotatable bonds is 5. The van der Waals surface area contributed by atoms with E-state index in [0.29, 0.717) is 6.54 Å². The van der Waals surface area contributed by atoms with Crippen molar-refractivity contribution in [2.24, 2.45) is 0 Å². The molecular weight excluding hydrogens is 292 g/mol. The fourth-order valence-corrected chi connectivity index (χ4v) is 1.66. The zero-order valence-corrected chi connectivity index (χ0v) is 11.1. The first kappa shape index (κ1) is 14.1. The van der Waals surface area contributed by atoms with Gasteiger partial charge in [0, 0.05) is 24.5 Å². The van der Waals surface area contributed by atoms with E-state index in [1.165, 1.54) is 17.0 Å². The highest BCUT2D eigenvalue weighted by Gasteiger charge is 2.14. The van der Waals surface area contributed by atoms with Gasteiger partial charge in [-0.3, -0.25) is 4.79 Å². The summed E-state index contributed by atoms with van der Waals surface area (Å²) in [4.78, 5) is 13.2. The quantitative estimate of drug-likeness (QED) is 0.766. The summed E-state index contributed by atoms with van der Waals surface area (Å²) in [6, 6.07) is 3.87. The Labute approximate surface area is 108 Å². The monoisotopic (exact) mass is 305 g/mol. The number of alkyl halides is 1. The summed E-state index contributed by atoms with van der Waals surface area (Å²) >= 11 is 3.27. The Balaban J connectivity index is 2.64. The molecule has 5 heteroatoms. The van der Waals surface area contributed by atoms with Crippen LogP contribution in [0.25, 0.3) is 0 Å². The van der Waals surface area contributed by atoms with E-state index in [2.05, 4.69) is 15.9 Å². The van der Waals surface area contributed by atoms with E-state index in [1.807, 2.05) is 0 Å². The molecule has 0 aliphatic rings. The molecule has 17 heavy (non-hydrogen) atoms.